The Balaban J connectivity index is 2.09. The maximum Gasteiger partial charge on any atom is 0.0440 e. The van der Waals surface area contributed by atoms with Gasteiger partial charge in [0.25, 0.3) is 0 Å². The van der Waals surface area contributed by atoms with Gasteiger partial charge in [-0.15, -0.1) is 0 Å². The Kier molecular flexibility index (Phi) is 3.97. The summed E-state index contributed by atoms with van der Waals surface area (Å²) < 4.78 is 0. The van der Waals surface area contributed by atoms with Crippen molar-refractivity contribution in [3.8, 4) is 0 Å². The summed E-state index contributed by atoms with van der Waals surface area (Å²) in [4.78, 5) is 0.696. The first kappa shape index (κ1) is 12.4. The van der Waals surface area contributed by atoms with Gasteiger partial charge in [-0.05, 0) is 55.2 Å². The van der Waals surface area contributed by atoms with E-state index in [0.717, 1.165) is 23.3 Å². The quantitative estimate of drug-likeness (QED) is 0.674. The third-order valence-corrected chi connectivity index (χ3v) is 5.46. The van der Waals surface area contributed by atoms with E-state index in [-0.39, 0.29) is 0 Å². The lowest BCUT2D eigenvalue weighted by Gasteiger charge is -2.18. The Morgan fingerprint density at radius 1 is 1.38 bits per heavy atom. The fourth-order valence-corrected chi connectivity index (χ4v) is 3.59. The summed E-state index contributed by atoms with van der Waals surface area (Å²) in [6, 6.07) is 6.42. The zero-order valence-corrected chi connectivity index (χ0v) is 12.2. The second kappa shape index (κ2) is 5.10. The molecule has 1 fully saturated rings. The molecular formula is C14H18BrCl. The topological polar surface area (TPSA) is 0 Å². The molecule has 0 aromatic heterocycles. The van der Waals surface area contributed by atoms with Gasteiger partial charge in [-0.3, -0.25) is 0 Å². The molecule has 0 N–H and O–H groups in total. The normalized spacial score (nSPS) is 29.6. The van der Waals surface area contributed by atoms with Crippen LogP contribution in [-0.4, -0.2) is 4.83 Å². The Bertz CT molecular complexity index is 375. The molecule has 3 atom stereocenters. The van der Waals surface area contributed by atoms with Crippen molar-refractivity contribution in [1.29, 1.82) is 0 Å². The highest BCUT2D eigenvalue weighted by Crippen LogP contribution is 2.39. The van der Waals surface area contributed by atoms with Gasteiger partial charge in [-0.2, -0.15) is 0 Å². The predicted octanol–water partition coefficient (Wildman–Crippen LogP) is 5.00. The van der Waals surface area contributed by atoms with E-state index in [2.05, 4.69) is 48.0 Å². The van der Waals surface area contributed by atoms with E-state index in [1.807, 2.05) is 0 Å². The fraction of sp³-hybridized carbons (Fsp3) is 0.571. The molecule has 0 bridgehead atoms. The molecule has 0 saturated heterocycles. The van der Waals surface area contributed by atoms with Crippen LogP contribution in [0.25, 0.3) is 0 Å². The minimum atomic E-state index is 0.696. The van der Waals surface area contributed by atoms with Gasteiger partial charge in [0.1, 0.15) is 0 Å². The highest BCUT2D eigenvalue weighted by Gasteiger charge is 2.31. The van der Waals surface area contributed by atoms with Crippen LogP contribution in [0.5, 0.6) is 0 Å². The molecule has 1 aliphatic carbocycles. The average Bonchev–Trinajstić information content (AvgIpc) is 2.54. The van der Waals surface area contributed by atoms with Gasteiger partial charge < -0.3 is 0 Å². The van der Waals surface area contributed by atoms with Gasteiger partial charge in [-0.25, -0.2) is 0 Å². The van der Waals surface area contributed by atoms with Crippen molar-refractivity contribution in [3.63, 3.8) is 0 Å². The molecule has 0 aliphatic heterocycles. The highest BCUT2D eigenvalue weighted by molar-refractivity contribution is 9.09. The molecule has 1 aliphatic rings. The first-order chi connectivity index (χ1) is 7.58. The van der Waals surface area contributed by atoms with Crippen LogP contribution >= 0.6 is 27.5 Å². The second-order valence-corrected chi connectivity index (χ2v) is 6.59. The van der Waals surface area contributed by atoms with E-state index in [4.69, 9.17) is 11.6 Å². The summed E-state index contributed by atoms with van der Waals surface area (Å²) in [6.07, 6.45) is 3.75. The van der Waals surface area contributed by atoms with Crippen LogP contribution in [0.1, 0.15) is 30.9 Å². The number of aryl methyl sites for hydroxylation is 1. The zero-order chi connectivity index (χ0) is 11.7. The molecule has 0 nitrogen and oxygen atoms in total. The number of hydrogen-bond acceptors (Lipinski definition) is 0. The van der Waals surface area contributed by atoms with Crippen LogP contribution in [0.15, 0.2) is 18.2 Å². The summed E-state index contributed by atoms with van der Waals surface area (Å²) in [5, 5.41) is 0.935. The van der Waals surface area contributed by atoms with Crippen molar-refractivity contribution in [2.24, 2.45) is 11.8 Å². The van der Waals surface area contributed by atoms with E-state index in [1.54, 1.807) is 0 Å². The molecule has 2 heteroatoms. The number of alkyl halides is 1. The molecule has 1 saturated carbocycles. The van der Waals surface area contributed by atoms with Crippen molar-refractivity contribution in [1.82, 2.24) is 0 Å². The largest absolute Gasteiger partial charge is 0.0888 e. The third kappa shape index (κ3) is 2.62. The second-order valence-electron chi connectivity index (χ2n) is 5.01. The molecule has 88 valence electrons. The Morgan fingerprint density at radius 3 is 2.69 bits per heavy atom. The lowest BCUT2D eigenvalue weighted by atomic mass is 9.91. The van der Waals surface area contributed by atoms with Crippen LogP contribution in [-0.2, 0) is 6.42 Å². The van der Waals surface area contributed by atoms with Crippen molar-refractivity contribution in [2.75, 3.05) is 0 Å². The van der Waals surface area contributed by atoms with Crippen LogP contribution in [0.3, 0.4) is 0 Å². The summed E-state index contributed by atoms with van der Waals surface area (Å²) >= 11 is 10.0. The smallest absolute Gasteiger partial charge is 0.0440 e. The summed E-state index contributed by atoms with van der Waals surface area (Å²) in [5.74, 6) is 1.54. The van der Waals surface area contributed by atoms with E-state index in [9.17, 15) is 0 Å². The summed E-state index contributed by atoms with van der Waals surface area (Å²) in [5.41, 5.74) is 2.55. The number of benzene rings is 1. The van der Waals surface area contributed by atoms with Gasteiger partial charge in [0.2, 0.25) is 0 Å². The first-order valence-electron chi connectivity index (χ1n) is 5.97. The lowest BCUT2D eigenvalue weighted by Crippen LogP contribution is -2.13. The Morgan fingerprint density at radius 2 is 2.12 bits per heavy atom. The van der Waals surface area contributed by atoms with Gasteiger partial charge in [0.15, 0.2) is 0 Å². The molecule has 3 unspecified atom stereocenters. The average molecular weight is 302 g/mol. The van der Waals surface area contributed by atoms with Crippen LogP contribution in [0, 0.1) is 18.8 Å². The van der Waals surface area contributed by atoms with E-state index in [1.165, 1.54) is 24.0 Å². The van der Waals surface area contributed by atoms with E-state index < -0.39 is 0 Å². The van der Waals surface area contributed by atoms with Crippen molar-refractivity contribution < 1.29 is 0 Å². The number of hydrogen-bond donors (Lipinski definition) is 0. The number of halogens is 2. The standard InChI is InChI=1S/C14H18BrCl/c1-9-3-4-12(14(16)7-9)8-11-5-6-13(15)10(11)2/h3-4,7,10-11,13H,5-6,8H2,1-2H3. The molecule has 0 heterocycles. The first-order valence-corrected chi connectivity index (χ1v) is 7.26. The van der Waals surface area contributed by atoms with Crippen LogP contribution in [0.2, 0.25) is 5.02 Å². The van der Waals surface area contributed by atoms with Gasteiger partial charge in [0, 0.05) is 9.85 Å². The molecule has 0 amide bonds. The molecule has 1 aromatic rings. The Hall–Kier alpha value is -0.0100. The van der Waals surface area contributed by atoms with Crippen molar-refractivity contribution in [2.45, 2.75) is 37.9 Å². The monoisotopic (exact) mass is 300 g/mol. The zero-order valence-electron chi connectivity index (χ0n) is 9.84. The molecule has 2 rings (SSSR count). The molecule has 1 aromatic carbocycles. The maximum atomic E-state index is 6.28. The molecular weight excluding hydrogens is 284 g/mol. The highest BCUT2D eigenvalue weighted by atomic mass is 79.9. The Labute approximate surface area is 112 Å². The van der Waals surface area contributed by atoms with E-state index >= 15 is 0 Å². The lowest BCUT2D eigenvalue weighted by molar-refractivity contribution is 0.423. The SMILES string of the molecule is Cc1ccc(CC2CCC(Br)C2C)c(Cl)c1. The molecule has 0 spiro atoms. The van der Waals surface area contributed by atoms with Gasteiger partial charge in [-0.1, -0.05) is 46.6 Å². The van der Waals surface area contributed by atoms with Crippen molar-refractivity contribution >= 4 is 27.5 Å². The summed E-state index contributed by atoms with van der Waals surface area (Å²) in [6.45, 7) is 4.43. The van der Waals surface area contributed by atoms with Gasteiger partial charge in [0.05, 0.1) is 0 Å². The van der Waals surface area contributed by atoms with Crippen LogP contribution < -0.4 is 0 Å². The van der Waals surface area contributed by atoms with Gasteiger partial charge >= 0.3 is 0 Å². The minimum Gasteiger partial charge on any atom is -0.0888 e. The predicted molar refractivity (Wildman–Crippen MR) is 74.5 cm³/mol. The summed E-state index contributed by atoms with van der Waals surface area (Å²) in [7, 11) is 0. The number of rotatable bonds is 2. The maximum absolute atomic E-state index is 6.28. The van der Waals surface area contributed by atoms with E-state index in [0.29, 0.717) is 4.83 Å². The fourth-order valence-electron chi connectivity index (χ4n) is 2.58. The minimum absolute atomic E-state index is 0.696. The third-order valence-electron chi connectivity index (χ3n) is 3.82. The van der Waals surface area contributed by atoms with Crippen LogP contribution in [0.4, 0.5) is 0 Å². The van der Waals surface area contributed by atoms with Crippen molar-refractivity contribution in [3.05, 3.63) is 34.3 Å². The molecule has 16 heavy (non-hydrogen) atoms. The molecule has 0 radical (unpaired) electrons.